The minimum absolute atomic E-state index is 0.247. The van der Waals surface area contributed by atoms with Crippen molar-refractivity contribution in [1.29, 1.82) is 0 Å². The Morgan fingerprint density at radius 2 is 2.00 bits per heavy atom. The number of amides is 3. The van der Waals surface area contributed by atoms with Crippen molar-refractivity contribution in [2.75, 3.05) is 40.0 Å². The lowest BCUT2D eigenvalue weighted by molar-refractivity contribution is -0.139. The van der Waals surface area contributed by atoms with Crippen LogP contribution in [-0.4, -0.2) is 66.8 Å². The molecule has 0 unspecified atom stereocenters. The minimum Gasteiger partial charge on any atom is -0.495 e. The van der Waals surface area contributed by atoms with Crippen molar-refractivity contribution in [2.45, 2.75) is 0 Å². The van der Waals surface area contributed by atoms with Crippen molar-refractivity contribution in [3.8, 4) is 5.75 Å². The number of imide groups is 1. The third kappa shape index (κ3) is 4.77. The lowest BCUT2D eigenvalue weighted by Crippen LogP contribution is -2.46. The van der Waals surface area contributed by atoms with Crippen LogP contribution in [-0.2, 0) is 14.3 Å². The van der Waals surface area contributed by atoms with Crippen LogP contribution < -0.4 is 4.74 Å². The Kier molecular flexibility index (Phi) is 7.03. The minimum atomic E-state index is -0.456. The highest BCUT2D eigenvalue weighted by Crippen LogP contribution is 2.36. The number of ether oxygens (including phenoxy) is 2. The Morgan fingerprint density at radius 3 is 2.67 bits per heavy atom. The predicted molar refractivity (Wildman–Crippen MR) is 119 cm³/mol. The molecule has 144 valence electrons. The van der Waals surface area contributed by atoms with Gasteiger partial charge in [-0.05, 0) is 75.2 Å². The van der Waals surface area contributed by atoms with Gasteiger partial charge in [0, 0.05) is 22.2 Å². The second-order valence-corrected chi connectivity index (χ2v) is 9.17. The molecule has 2 heterocycles. The molecule has 0 spiro atoms. The summed E-state index contributed by atoms with van der Waals surface area (Å²) < 4.78 is 12.5. The molecule has 2 saturated heterocycles. The van der Waals surface area contributed by atoms with E-state index < -0.39 is 11.1 Å². The van der Waals surface area contributed by atoms with Gasteiger partial charge >= 0.3 is 0 Å². The summed E-state index contributed by atoms with van der Waals surface area (Å²) in [5, 5.41) is -0.438. The summed E-state index contributed by atoms with van der Waals surface area (Å²) in [6.07, 6.45) is 1.65. The van der Waals surface area contributed by atoms with E-state index in [0.717, 1.165) is 29.4 Å². The van der Waals surface area contributed by atoms with Gasteiger partial charge in [0.25, 0.3) is 11.1 Å². The zero-order valence-electron chi connectivity index (χ0n) is 14.4. The number of rotatable bonds is 4. The molecule has 0 aliphatic carbocycles. The maximum Gasteiger partial charge on any atom is 0.294 e. The van der Waals surface area contributed by atoms with E-state index in [9.17, 15) is 14.4 Å². The van der Waals surface area contributed by atoms with Gasteiger partial charge in [-0.25, -0.2) is 0 Å². The maximum atomic E-state index is 12.7. The molecule has 2 aliphatic heterocycles. The average Bonchev–Trinajstić information content (AvgIpc) is 2.89. The van der Waals surface area contributed by atoms with Crippen molar-refractivity contribution >= 4 is 80.1 Å². The second kappa shape index (κ2) is 9.09. The molecule has 7 nitrogen and oxygen atoms in total. The zero-order valence-corrected chi connectivity index (χ0v) is 19.5. The molecule has 10 heteroatoms. The Bertz CT molecular complexity index is 824. The maximum absolute atomic E-state index is 12.7. The summed E-state index contributed by atoms with van der Waals surface area (Å²) in [7, 11) is 1.56. The molecule has 0 atom stereocenters. The van der Waals surface area contributed by atoms with E-state index in [4.69, 9.17) is 9.47 Å². The molecule has 27 heavy (non-hydrogen) atoms. The first-order chi connectivity index (χ1) is 12.9. The average molecular weight is 614 g/mol. The van der Waals surface area contributed by atoms with E-state index in [0.29, 0.717) is 32.1 Å². The van der Waals surface area contributed by atoms with Crippen LogP contribution in [0.25, 0.3) is 6.08 Å². The van der Waals surface area contributed by atoms with Crippen molar-refractivity contribution in [3.63, 3.8) is 0 Å². The van der Waals surface area contributed by atoms with E-state index in [-0.39, 0.29) is 17.4 Å². The fourth-order valence-corrected chi connectivity index (χ4v) is 5.67. The van der Waals surface area contributed by atoms with E-state index in [1.54, 1.807) is 18.1 Å². The highest BCUT2D eigenvalue weighted by molar-refractivity contribution is 14.1. The number of carbonyl (C=O) groups excluding carboxylic acids is 3. The van der Waals surface area contributed by atoms with Gasteiger partial charge in [-0.15, -0.1) is 0 Å². The first kappa shape index (κ1) is 20.9. The fourth-order valence-electron chi connectivity index (χ4n) is 2.73. The predicted octanol–water partition coefficient (Wildman–Crippen LogP) is 2.80. The number of hydrogen-bond donors (Lipinski definition) is 0. The monoisotopic (exact) mass is 614 g/mol. The largest absolute Gasteiger partial charge is 0.495 e. The highest BCUT2D eigenvalue weighted by atomic mass is 127. The van der Waals surface area contributed by atoms with Crippen LogP contribution in [0.5, 0.6) is 5.75 Å². The number of halogens is 2. The number of morpholine rings is 1. The third-order valence-electron chi connectivity index (χ3n) is 4.06. The molecule has 2 fully saturated rings. The summed E-state index contributed by atoms with van der Waals surface area (Å²) in [6, 6.07) is 3.85. The first-order valence-corrected chi connectivity index (χ1v) is 11.0. The Balaban J connectivity index is 1.80. The molecule has 3 amide bonds. The van der Waals surface area contributed by atoms with E-state index >= 15 is 0 Å². The molecule has 0 bridgehead atoms. The smallest absolute Gasteiger partial charge is 0.294 e. The van der Waals surface area contributed by atoms with Crippen LogP contribution in [0.4, 0.5) is 4.79 Å². The van der Waals surface area contributed by atoms with Gasteiger partial charge in [-0.1, -0.05) is 0 Å². The lowest BCUT2D eigenvalue weighted by atomic mass is 10.2. The Hall–Kier alpha value is -0.860. The van der Waals surface area contributed by atoms with Gasteiger partial charge in [-0.2, -0.15) is 0 Å². The van der Waals surface area contributed by atoms with Crippen LogP contribution in [0.15, 0.2) is 17.0 Å². The SMILES string of the molecule is COc1c(I)cc(I)cc1/C=C1\SC(=O)N(CC(=O)N2CCOCC2)C1=O. The summed E-state index contributed by atoms with van der Waals surface area (Å²) in [6.45, 7) is 1.65. The van der Waals surface area contributed by atoms with Gasteiger partial charge in [0.1, 0.15) is 12.3 Å². The molecule has 0 aromatic heterocycles. The number of nitrogens with zero attached hydrogens (tertiary/aromatic N) is 2. The van der Waals surface area contributed by atoms with Gasteiger partial charge in [0.15, 0.2) is 0 Å². The normalized spacial score (nSPS) is 19.1. The number of hydrogen-bond acceptors (Lipinski definition) is 6. The topological polar surface area (TPSA) is 76.2 Å². The Labute approximate surface area is 188 Å². The zero-order chi connectivity index (χ0) is 19.6. The number of methoxy groups -OCH3 is 1. The van der Waals surface area contributed by atoms with Crippen molar-refractivity contribution in [1.82, 2.24) is 9.80 Å². The van der Waals surface area contributed by atoms with Crippen molar-refractivity contribution in [2.24, 2.45) is 0 Å². The summed E-state index contributed by atoms with van der Waals surface area (Å²) in [5.41, 5.74) is 0.721. The number of carbonyl (C=O) groups is 3. The van der Waals surface area contributed by atoms with Gasteiger partial charge in [0.2, 0.25) is 5.91 Å². The number of thioether (sulfide) groups is 1. The van der Waals surface area contributed by atoms with E-state index in [1.165, 1.54) is 0 Å². The van der Waals surface area contributed by atoms with Gasteiger partial charge in [0.05, 0.1) is 28.8 Å². The quantitative estimate of drug-likeness (QED) is 0.384. The molecular weight excluding hydrogens is 598 g/mol. The molecule has 1 aromatic carbocycles. The fraction of sp³-hybridized carbons (Fsp3) is 0.353. The van der Waals surface area contributed by atoms with Crippen LogP contribution in [0.3, 0.4) is 0 Å². The van der Waals surface area contributed by atoms with Crippen molar-refractivity contribution in [3.05, 3.63) is 29.7 Å². The molecule has 0 radical (unpaired) electrons. The highest BCUT2D eigenvalue weighted by Gasteiger charge is 2.37. The third-order valence-corrected chi connectivity index (χ3v) is 6.39. The first-order valence-electron chi connectivity index (χ1n) is 8.04. The standard InChI is InChI=1S/C17H16I2N2O5S/c1-25-15-10(6-11(18)8-12(15)19)7-13-16(23)21(17(24)27-13)9-14(22)20-2-4-26-5-3-20/h6-8H,2-5,9H2,1H3/b13-7-. The second-order valence-electron chi connectivity index (χ2n) is 5.77. The molecular formula is C17H16I2N2O5S. The molecule has 0 N–H and O–H groups in total. The summed E-state index contributed by atoms with van der Waals surface area (Å²) >= 11 is 5.19. The molecule has 3 rings (SSSR count). The van der Waals surface area contributed by atoms with E-state index in [1.807, 2.05) is 12.1 Å². The Morgan fingerprint density at radius 1 is 1.30 bits per heavy atom. The van der Waals surface area contributed by atoms with Crippen LogP contribution in [0.1, 0.15) is 5.56 Å². The molecule has 2 aliphatic rings. The van der Waals surface area contributed by atoms with Crippen molar-refractivity contribution < 1.29 is 23.9 Å². The number of benzene rings is 1. The lowest BCUT2D eigenvalue weighted by Gasteiger charge is -2.28. The van der Waals surface area contributed by atoms with Crippen LogP contribution >= 0.6 is 56.9 Å². The molecule has 1 aromatic rings. The van der Waals surface area contributed by atoms with Crippen LogP contribution in [0.2, 0.25) is 0 Å². The molecule has 0 saturated carbocycles. The van der Waals surface area contributed by atoms with Gasteiger partial charge in [-0.3, -0.25) is 19.3 Å². The van der Waals surface area contributed by atoms with Gasteiger partial charge < -0.3 is 14.4 Å². The summed E-state index contributed by atoms with van der Waals surface area (Å²) in [4.78, 5) is 40.2. The van der Waals surface area contributed by atoms with E-state index in [2.05, 4.69) is 45.2 Å². The summed E-state index contributed by atoms with van der Waals surface area (Å²) in [5.74, 6) is -0.0574. The van der Waals surface area contributed by atoms with Crippen LogP contribution in [0, 0.1) is 7.14 Å².